The molecule has 1 aliphatic carbocycles. The van der Waals surface area contributed by atoms with E-state index in [9.17, 15) is 14.9 Å². The summed E-state index contributed by atoms with van der Waals surface area (Å²) in [4.78, 5) is 22.6. The van der Waals surface area contributed by atoms with E-state index in [1.807, 2.05) is 0 Å². The zero-order chi connectivity index (χ0) is 15.4. The molecule has 0 radical (unpaired) electrons. The molecule has 0 heterocycles. The first-order chi connectivity index (χ1) is 10.0. The molecule has 0 saturated heterocycles. The first-order valence-corrected chi connectivity index (χ1v) is 7.25. The topological polar surface area (TPSA) is 84.3 Å². The number of non-ortho nitro benzene ring substituents is 1. The molecule has 2 rings (SSSR count). The third-order valence-electron chi connectivity index (χ3n) is 4.08. The quantitative estimate of drug-likeness (QED) is 0.645. The van der Waals surface area contributed by atoms with E-state index >= 15 is 0 Å². The van der Waals surface area contributed by atoms with Gasteiger partial charge >= 0.3 is 0 Å². The summed E-state index contributed by atoms with van der Waals surface area (Å²) in [6.07, 6.45) is 3.47. The highest BCUT2D eigenvalue weighted by Crippen LogP contribution is 2.30. The van der Waals surface area contributed by atoms with E-state index in [1.54, 1.807) is 13.1 Å². The van der Waals surface area contributed by atoms with Gasteiger partial charge in [-0.05, 0) is 30.7 Å². The fourth-order valence-electron chi connectivity index (χ4n) is 2.89. The van der Waals surface area contributed by atoms with Gasteiger partial charge < -0.3 is 10.6 Å². The van der Waals surface area contributed by atoms with E-state index < -0.39 is 4.92 Å². The minimum atomic E-state index is -0.491. The first kappa shape index (κ1) is 15.3. The van der Waals surface area contributed by atoms with Crippen LogP contribution in [0.2, 0.25) is 0 Å². The van der Waals surface area contributed by atoms with Crippen molar-refractivity contribution in [1.29, 1.82) is 0 Å². The fourth-order valence-corrected chi connectivity index (χ4v) is 2.89. The molecule has 2 unspecified atom stereocenters. The third kappa shape index (κ3) is 3.71. The number of hydrogen-bond donors (Lipinski definition) is 2. The summed E-state index contributed by atoms with van der Waals surface area (Å²) >= 11 is 0. The van der Waals surface area contributed by atoms with Crippen molar-refractivity contribution in [2.45, 2.75) is 26.2 Å². The summed E-state index contributed by atoms with van der Waals surface area (Å²) < 4.78 is 0. The van der Waals surface area contributed by atoms with Gasteiger partial charge in [0.2, 0.25) is 0 Å². The molecule has 114 valence electrons. The smallest absolute Gasteiger partial charge is 0.270 e. The summed E-state index contributed by atoms with van der Waals surface area (Å²) in [6.45, 7) is 2.86. The van der Waals surface area contributed by atoms with Crippen LogP contribution in [0, 0.1) is 22.0 Å². The van der Waals surface area contributed by atoms with Crippen LogP contribution in [0.1, 0.15) is 36.5 Å². The minimum Gasteiger partial charge on any atom is -0.387 e. The van der Waals surface area contributed by atoms with Crippen LogP contribution < -0.4 is 10.6 Å². The van der Waals surface area contributed by atoms with Gasteiger partial charge in [0.05, 0.1) is 10.5 Å². The molecular formula is C15H21N3O3. The highest BCUT2D eigenvalue weighted by atomic mass is 16.6. The van der Waals surface area contributed by atoms with Gasteiger partial charge in [0.25, 0.3) is 11.6 Å². The molecule has 1 aromatic rings. The molecule has 1 saturated carbocycles. The van der Waals surface area contributed by atoms with Gasteiger partial charge in [-0.2, -0.15) is 0 Å². The number of nitrogens with one attached hydrogen (secondary N) is 2. The second-order valence-electron chi connectivity index (χ2n) is 5.73. The van der Waals surface area contributed by atoms with Gasteiger partial charge in [0.1, 0.15) is 0 Å². The van der Waals surface area contributed by atoms with Crippen molar-refractivity contribution in [2.75, 3.05) is 18.9 Å². The molecule has 6 heteroatoms. The highest BCUT2D eigenvalue weighted by molar-refractivity contribution is 6.00. The van der Waals surface area contributed by atoms with Crippen molar-refractivity contribution in [3.8, 4) is 0 Å². The number of amides is 1. The number of carbonyl (C=O) groups is 1. The number of nitrogens with zero attached hydrogens (tertiary/aromatic N) is 1. The molecule has 2 atom stereocenters. The van der Waals surface area contributed by atoms with E-state index in [1.165, 1.54) is 18.6 Å². The number of anilines is 1. The van der Waals surface area contributed by atoms with Gasteiger partial charge in [-0.3, -0.25) is 14.9 Å². The van der Waals surface area contributed by atoms with Crippen molar-refractivity contribution in [1.82, 2.24) is 5.32 Å². The van der Waals surface area contributed by atoms with E-state index in [4.69, 9.17) is 0 Å². The Kier molecular flexibility index (Phi) is 4.77. The molecule has 1 aromatic carbocycles. The number of hydrogen-bond acceptors (Lipinski definition) is 4. The largest absolute Gasteiger partial charge is 0.387 e. The molecular weight excluding hydrogens is 270 g/mol. The lowest BCUT2D eigenvalue weighted by atomic mass is 10.1. The Hall–Kier alpha value is -2.11. The predicted molar refractivity (Wildman–Crippen MR) is 81.5 cm³/mol. The predicted octanol–water partition coefficient (Wildman–Crippen LogP) is 2.80. The van der Waals surface area contributed by atoms with E-state index in [-0.39, 0.29) is 11.6 Å². The average molecular weight is 291 g/mol. The molecule has 21 heavy (non-hydrogen) atoms. The van der Waals surface area contributed by atoms with Crippen molar-refractivity contribution in [3.63, 3.8) is 0 Å². The van der Waals surface area contributed by atoms with Gasteiger partial charge in [0.15, 0.2) is 0 Å². The lowest BCUT2D eigenvalue weighted by Crippen LogP contribution is -2.29. The Morgan fingerprint density at radius 1 is 1.43 bits per heavy atom. The van der Waals surface area contributed by atoms with Gasteiger partial charge in [-0.25, -0.2) is 0 Å². The lowest BCUT2D eigenvalue weighted by molar-refractivity contribution is -0.384. The maximum absolute atomic E-state index is 12.3. The van der Waals surface area contributed by atoms with Crippen molar-refractivity contribution >= 4 is 17.3 Å². The third-order valence-corrected chi connectivity index (χ3v) is 4.08. The number of benzene rings is 1. The number of rotatable bonds is 5. The van der Waals surface area contributed by atoms with Crippen LogP contribution in [0.15, 0.2) is 18.2 Å². The summed E-state index contributed by atoms with van der Waals surface area (Å²) in [5.74, 6) is 0.973. The van der Waals surface area contributed by atoms with Crippen LogP contribution in [-0.4, -0.2) is 24.4 Å². The van der Waals surface area contributed by atoms with E-state index in [0.717, 1.165) is 18.8 Å². The average Bonchev–Trinajstić information content (AvgIpc) is 2.89. The number of nitro benzene ring substituents is 1. The second-order valence-corrected chi connectivity index (χ2v) is 5.73. The maximum atomic E-state index is 12.3. The fraction of sp³-hybridized carbons (Fsp3) is 0.533. The normalized spacial score (nSPS) is 21.0. The van der Waals surface area contributed by atoms with Gasteiger partial charge in [-0.15, -0.1) is 0 Å². The Balaban J connectivity index is 2.06. The summed E-state index contributed by atoms with van der Waals surface area (Å²) in [5, 5.41) is 16.6. The number of carbonyl (C=O) groups excluding carboxylic acids is 1. The zero-order valence-corrected chi connectivity index (χ0v) is 12.4. The van der Waals surface area contributed by atoms with Crippen LogP contribution in [0.5, 0.6) is 0 Å². The molecule has 0 aliphatic heterocycles. The molecule has 1 fully saturated rings. The van der Waals surface area contributed by atoms with Crippen LogP contribution in [-0.2, 0) is 0 Å². The Labute approximate surface area is 124 Å². The molecule has 2 N–H and O–H groups in total. The van der Waals surface area contributed by atoms with Gasteiger partial charge in [0, 0.05) is 31.4 Å². The van der Waals surface area contributed by atoms with Crippen molar-refractivity contribution < 1.29 is 9.72 Å². The maximum Gasteiger partial charge on any atom is 0.270 e. The molecule has 1 amide bonds. The van der Waals surface area contributed by atoms with Crippen molar-refractivity contribution in [3.05, 3.63) is 33.9 Å². The van der Waals surface area contributed by atoms with Crippen molar-refractivity contribution in [2.24, 2.45) is 11.8 Å². The monoisotopic (exact) mass is 291 g/mol. The van der Waals surface area contributed by atoms with E-state index in [0.29, 0.717) is 23.7 Å². The zero-order valence-electron chi connectivity index (χ0n) is 12.4. The number of nitro groups is 1. The molecule has 6 nitrogen and oxygen atoms in total. The summed E-state index contributed by atoms with van der Waals surface area (Å²) in [7, 11) is 1.69. The molecule has 0 aromatic heterocycles. The van der Waals surface area contributed by atoms with E-state index in [2.05, 4.69) is 17.6 Å². The van der Waals surface area contributed by atoms with Crippen LogP contribution in [0.4, 0.5) is 11.4 Å². The molecule has 0 spiro atoms. The summed E-state index contributed by atoms with van der Waals surface area (Å²) in [5.41, 5.74) is 0.837. The Morgan fingerprint density at radius 3 is 2.76 bits per heavy atom. The first-order valence-electron chi connectivity index (χ1n) is 7.25. The lowest BCUT2D eigenvalue weighted by Gasteiger charge is -2.13. The summed E-state index contributed by atoms with van der Waals surface area (Å²) in [6, 6.07) is 4.27. The van der Waals surface area contributed by atoms with Crippen LogP contribution in [0.3, 0.4) is 0 Å². The van der Waals surface area contributed by atoms with Crippen LogP contribution >= 0.6 is 0 Å². The molecule has 1 aliphatic rings. The second kappa shape index (κ2) is 6.56. The van der Waals surface area contributed by atoms with Crippen LogP contribution in [0.25, 0.3) is 0 Å². The SMILES string of the molecule is CNc1ccc([N+](=O)[O-])cc1C(=O)NCC1CCC(C)C1. The highest BCUT2D eigenvalue weighted by Gasteiger charge is 2.22. The molecule has 0 bridgehead atoms. The standard InChI is InChI=1S/C15H21N3O3/c1-10-3-4-11(7-10)9-17-15(19)13-8-12(18(20)21)5-6-14(13)16-2/h5-6,8,10-11,16H,3-4,7,9H2,1-2H3,(H,17,19). The Bertz CT molecular complexity index is 545. The minimum absolute atomic E-state index is 0.0753. The van der Waals surface area contributed by atoms with Gasteiger partial charge in [-0.1, -0.05) is 13.3 Å². The Morgan fingerprint density at radius 2 is 2.19 bits per heavy atom.